The molecule has 1 heterocycles. The van der Waals surface area contributed by atoms with Crippen LogP contribution in [0.3, 0.4) is 0 Å². The van der Waals surface area contributed by atoms with Gasteiger partial charge in [0.2, 0.25) is 0 Å². The highest BCUT2D eigenvalue weighted by Gasteiger charge is 2.18. The van der Waals surface area contributed by atoms with Gasteiger partial charge in [0.1, 0.15) is 5.82 Å². The highest BCUT2D eigenvalue weighted by Crippen LogP contribution is 2.25. The maximum Gasteiger partial charge on any atom is 0.337 e. The molecule has 0 bridgehead atoms. The molecule has 0 saturated carbocycles. The molecule has 4 nitrogen and oxygen atoms in total. The lowest BCUT2D eigenvalue weighted by Crippen LogP contribution is -2.05. The van der Waals surface area contributed by atoms with Crippen LogP contribution in [0.5, 0.6) is 0 Å². The molecule has 0 aliphatic heterocycles. The molecule has 0 radical (unpaired) electrons. The second-order valence-corrected chi connectivity index (χ2v) is 4.93. The molecule has 4 heteroatoms. The molecule has 0 aliphatic carbocycles. The van der Waals surface area contributed by atoms with Crippen LogP contribution in [0.2, 0.25) is 0 Å². The maximum absolute atomic E-state index is 11.5. The molecule has 1 aromatic heterocycles. The Labute approximate surface area is 122 Å². The van der Waals surface area contributed by atoms with Crippen molar-refractivity contribution in [2.75, 3.05) is 0 Å². The molecule has 3 rings (SSSR count). The molecule has 0 aliphatic rings. The summed E-state index contributed by atoms with van der Waals surface area (Å²) >= 11 is 0. The van der Waals surface area contributed by atoms with Crippen LogP contribution < -0.4 is 0 Å². The second kappa shape index (κ2) is 5.40. The number of carboxylic acid groups (broad SMARTS) is 1. The van der Waals surface area contributed by atoms with E-state index in [0.29, 0.717) is 5.52 Å². The van der Waals surface area contributed by atoms with Crippen molar-refractivity contribution in [1.29, 1.82) is 0 Å². The number of hydrogen-bond donors (Lipinski definition) is 1. The number of nitrogens with zero attached hydrogens (tertiary/aromatic N) is 2. The van der Waals surface area contributed by atoms with Crippen LogP contribution in [0.15, 0.2) is 48.5 Å². The maximum atomic E-state index is 11.5. The number of aromatic carboxylic acids is 1. The average Bonchev–Trinajstić information content (AvgIpc) is 2.86. The summed E-state index contributed by atoms with van der Waals surface area (Å²) in [6.45, 7) is 2.09. The monoisotopic (exact) mass is 280 g/mol. The SMILES string of the molecule is CCCc1nc2cccc(C(=O)O)c2n1-c1ccccc1. The average molecular weight is 280 g/mol. The van der Waals surface area contributed by atoms with Crippen molar-refractivity contribution in [3.05, 3.63) is 59.9 Å². The number of fused-ring (bicyclic) bond motifs is 1. The number of imidazole rings is 1. The Hall–Kier alpha value is -2.62. The van der Waals surface area contributed by atoms with Gasteiger partial charge in [0.15, 0.2) is 0 Å². The van der Waals surface area contributed by atoms with Crippen molar-refractivity contribution in [2.24, 2.45) is 0 Å². The first kappa shape index (κ1) is 13.4. The Kier molecular flexibility index (Phi) is 3.44. The van der Waals surface area contributed by atoms with E-state index in [1.54, 1.807) is 12.1 Å². The third-order valence-electron chi connectivity index (χ3n) is 3.46. The van der Waals surface area contributed by atoms with Gasteiger partial charge in [0.05, 0.1) is 16.6 Å². The largest absolute Gasteiger partial charge is 0.478 e. The van der Waals surface area contributed by atoms with Crippen molar-refractivity contribution >= 4 is 17.0 Å². The smallest absolute Gasteiger partial charge is 0.337 e. The van der Waals surface area contributed by atoms with Crippen molar-refractivity contribution in [2.45, 2.75) is 19.8 Å². The summed E-state index contributed by atoms with van der Waals surface area (Å²) in [6, 6.07) is 15.0. The minimum Gasteiger partial charge on any atom is -0.478 e. The fourth-order valence-electron chi connectivity index (χ4n) is 2.59. The van der Waals surface area contributed by atoms with Crippen molar-refractivity contribution in [3.8, 4) is 5.69 Å². The van der Waals surface area contributed by atoms with E-state index in [4.69, 9.17) is 0 Å². The molecular formula is C17H16N2O2. The Morgan fingerprint density at radius 1 is 1.14 bits per heavy atom. The molecular weight excluding hydrogens is 264 g/mol. The predicted molar refractivity (Wildman–Crippen MR) is 82.0 cm³/mol. The molecule has 0 unspecified atom stereocenters. The Bertz CT molecular complexity index is 791. The summed E-state index contributed by atoms with van der Waals surface area (Å²) in [5.74, 6) is -0.0341. The number of benzene rings is 2. The van der Waals surface area contributed by atoms with Gasteiger partial charge in [-0.3, -0.25) is 4.57 Å². The van der Waals surface area contributed by atoms with Gasteiger partial charge in [0, 0.05) is 12.1 Å². The zero-order valence-corrected chi connectivity index (χ0v) is 11.8. The number of aryl methyl sites for hydroxylation is 1. The zero-order chi connectivity index (χ0) is 14.8. The minimum absolute atomic E-state index is 0.284. The normalized spacial score (nSPS) is 10.9. The van der Waals surface area contributed by atoms with Crippen molar-refractivity contribution in [3.63, 3.8) is 0 Å². The number of aromatic nitrogens is 2. The first-order valence-corrected chi connectivity index (χ1v) is 7.01. The lowest BCUT2D eigenvalue weighted by atomic mass is 10.1. The first-order chi connectivity index (χ1) is 10.2. The Morgan fingerprint density at radius 2 is 1.90 bits per heavy atom. The number of rotatable bonds is 4. The molecule has 106 valence electrons. The van der Waals surface area contributed by atoms with Crippen molar-refractivity contribution in [1.82, 2.24) is 9.55 Å². The Morgan fingerprint density at radius 3 is 2.57 bits per heavy atom. The first-order valence-electron chi connectivity index (χ1n) is 7.01. The van der Waals surface area contributed by atoms with Crippen molar-refractivity contribution < 1.29 is 9.90 Å². The summed E-state index contributed by atoms with van der Waals surface area (Å²) in [5, 5.41) is 9.45. The van der Waals surface area contributed by atoms with Crippen LogP contribution >= 0.6 is 0 Å². The number of carbonyl (C=O) groups is 1. The molecule has 0 saturated heterocycles. The van der Waals surface area contributed by atoms with E-state index in [-0.39, 0.29) is 5.56 Å². The highest BCUT2D eigenvalue weighted by molar-refractivity contribution is 6.01. The number of hydrogen-bond acceptors (Lipinski definition) is 2. The molecule has 1 N–H and O–H groups in total. The summed E-state index contributed by atoms with van der Waals surface area (Å²) in [4.78, 5) is 16.1. The number of carboxylic acids is 1. The topological polar surface area (TPSA) is 55.1 Å². The fraction of sp³-hybridized carbons (Fsp3) is 0.176. The molecule has 0 atom stereocenters. The number of para-hydroxylation sites is 2. The van der Waals surface area contributed by atoms with E-state index in [1.807, 2.05) is 41.0 Å². The van der Waals surface area contributed by atoms with Crippen LogP contribution in [0.4, 0.5) is 0 Å². The van der Waals surface area contributed by atoms with E-state index in [1.165, 1.54) is 0 Å². The van der Waals surface area contributed by atoms with Gasteiger partial charge in [-0.25, -0.2) is 9.78 Å². The molecule has 3 aromatic rings. The van der Waals surface area contributed by atoms with Gasteiger partial charge < -0.3 is 5.11 Å². The van der Waals surface area contributed by atoms with Crippen LogP contribution in [0, 0.1) is 0 Å². The molecule has 0 spiro atoms. The molecule has 21 heavy (non-hydrogen) atoms. The third-order valence-corrected chi connectivity index (χ3v) is 3.46. The second-order valence-electron chi connectivity index (χ2n) is 4.93. The van der Waals surface area contributed by atoms with Gasteiger partial charge in [-0.1, -0.05) is 31.2 Å². The standard InChI is InChI=1S/C17H16N2O2/c1-2-7-15-18-14-11-6-10-13(17(20)21)16(14)19(15)12-8-4-3-5-9-12/h3-6,8-11H,2,7H2,1H3,(H,20,21). The van der Waals surface area contributed by atoms with E-state index < -0.39 is 5.97 Å². The summed E-state index contributed by atoms with van der Waals surface area (Å²) in [6.07, 6.45) is 1.77. The lowest BCUT2D eigenvalue weighted by Gasteiger charge is -2.10. The minimum atomic E-state index is -0.930. The van der Waals surface area contributed by atoms with Gasteiger partial charge >= 0.3 is 5.97 Å². The van der Waals surface area contributed by atoms with Gasteiger partial charge in [-0.2, -0.15) is 0 Å². The van der Waals surface area contributed by atoms with E-state index >= 15 is 0 Å². The molecule has 0 fully saturated rings. The van der Waals surface area contributed by atoms with Gasteiger partial charge in [-0.05, 0) is 30.7 Å². The third kappa shape index (κ3) is 2.29. The quantitative estimate of drug-likeness (QED) is 0.793. The van der Waals surface area contributed by atoms with E-state index in [2.05, 4.69) is 11.9 Å². The van der Waals surface area contributed by atoms with E-state index in [9.17, 15) is 9.90 Å². The van der Waals surface area contributed by atoms with Crippen LogP contribution in [0.25, 0.3) is 16.7 Å². The molecule has 2 aromatic carbocycles. The fourth-order valence-corrected chi connectivity index (χ4v) is 2.59. The highest BCUT2D eigenvalue weighted by atomic mass is 16.4. The molecule has 0 amide bonds. The predicted octanol–water partition coefficient (Wildman–Crippen LogP) is 3.68. The summed E-state index contributed by atoms with van der Waals surface area (Å²) in [5.41, 5.74) is 2.62. The lowest BCUT2D eigenvalue weighted by molar-refractivity contribution is 0.0698. The van der Waals surface area contributed by atoms with Gasteiger partial charge in [0.25, 0.3) is 0 Å². The zero-order valence-electron chi connectivity index (χ0n) is 11.8. The van der Waals surface area contributed by atoms with Crippen LogP contribution in [0.1, 0.15) is 29.5 Å². The summed E-state index contributed by atoms with van der Waals surface area (Å²) in [7, 11) is 0. The van der Waals surface area contributed by atoms with E-state index in [0.717, 1.165) is 29.9 Å². The Balaban J connectivity index is 2.38. The van der Waals surface area contributed by atoms with Gasteiger partial charge in [-0.15, -0.1) is 0 Å². The summed E-state index contributed by atoms with van der Waals surface area (Å²) < 4.78 is 1.96. The van der Waals surface area contributed by atoms with Crippen LogP contribution in [-0.4, -0.2) is 20.6 Å². The van der Waals surface area contributed by atoms with Crippen LogP contribution in [-0.2, 0) is 6.42 Å².